The summed E-state index contributed by atoms with van der Waals surface area (Å²) in [5.74, 6) is 9.22. The molecule has 0 radical (unpaired) electrons. The van der Waals surface area contributed by atoms with Crippen molar-refractivity contribution in [2.24, 2.45) is 23.6 Å². The third-order valence-electron chi connectivity index (χ3n) is 5.36. The first-order chi connectivity index (χ1) is 9.69. The Hall–Kier alpha value is -1.06. The van der Waals surface area contributed by atoms with Crippen molar-refractivity contribution in [3.05, 3.63) is 29.3 Å². The predicted octanol–water partition coefficient (Wildman–Crippen LogP) is 3.20. The van der Waals surface area contributed by atoms with Crippen LogP contribution in [0.2, 0.25) is 0 Å². The van der Waals surface area contributed by atoms with Crippen molar-refractivity contribution in [1.29, 1.82) is 0 Å². The quantitative estimate of drug-likeness (QED) is 0.657. The van der Waals surface area contributed by atoms with Crippen LogP contribution in [0.15, 0.2) is 18.2 Å². The summed E-state index contributed by atoms with van der Waals surface area (Å²) in [6.45, 7) is 5.57. The number of nitrogens with two attached hydrogens (primary N) is 1. The van der Waals surface area contributed by atoms with E-state index in [1.807, 2.05) is 0 Å². The van der Waals surface area contributed by atoms with Gasteiger partial charge in [0, 0.05) is 12.5 Å². The summed E-state index contributed by atoms with van der Waals surface area (Å²) in [5.41, 5.74) is 5.73. The minimum atomic E-state index is 0.274. The van der Waals surface area contributed by atoms with E-state index in [1.54, 1.807) is 0 Å². The van der Waals surface area contributed by atoms with E-state index in [4.69, 9.17) is 10.6 Å². The number of benzene rings is 1. The molecule has 2 aliphatic rings. The van der Waals surface area contributed by atoms with Crippen LogP contribution in [0.3, 0.4) is 0 Å². The van der Waals surface area contributed by atoms with Gasteiger partial charge in [0.05, 0.1) is 6.61 Å². The highest BCUT2D eigenvalue weighted by atomic mass is 16.5. The lowest BCUT2D eigenvalue weighted by Crippen LogP contribution is -2.36. The molecule has 3 rings (SSSR count). The lowest BCUT2D eigenvalue weighted by molar-refractivity contribution is 0.171. The van der Waals surface area contributed by atoms with E-state index in [1.165, 1.54) is 30.4 Å². The monoisotopic (exact) mass is 274 g/mol. The number of hydrazine groups is 1. The Labute approximate surface area is 121 Å². The molecular formula is C17H26N2O. The Morgan fingerprint density at radius 2 is 2.10 bits per heavy atom. The van der Waals surface area contributed by atoms with Gasteiger partial charge in [-0.25, -0.2) is 0 Å². The molecule has 0 amide bonds. The topological polar surface area (TPSA) is 47.3 Å². The predicted molar refractivity (Wildman–Crippen MR) is 81.4 cm³/mol. The summed E-state index contributed by atoms with van der Waals surface area (Å²) in [6.07, 6.45) is 4.88. The Balaban J connectivity index is 1.79. The maximum Gasteiger partial charge on any atom is 0.122 e. The molecule has 4 atom stereocenters. The van der Waals surface area contributed by atoms with Crippen molar-refractivity contribution in [1.82, 2.24) is 5.43 Å². The molecule has 1 aromatic rings. The Morgan fingerprint density at radius 3 is 2.85 bits per heavy atom. The number of fused-ring (bicyclic) bond motifs is 1. The summed E-state index contributed by atoms with van der Waals surface area (Å²) in [7, 11) is 0. The van der Waals surface area contributed by atoms with E-state index in [0.29, 0.717) is 5.92 Å². The molecule has 1 fully saturated rings. The lowest BCUT2D eigenvalue weighted by Gasteiger charge is -2.36. The van der Waals surface area contributed by atoms with E-state index in [2.05, 4.69) is 37.5 Å². The zero-order valence-electron chi connectivity index (χ0n) is 12.6. The minimum absolute atomic E-state index is 0.274. The molecule has 0 saturated heterocycles. The van der Waals surface area contributed by atoms with Crippen molar-refractivity contribution in [3.8, 4) is 5.75 Å². The maximum absolute atomic E-state index is 5.88. The fourth-order valence-corrected chi connectivity index (χ4v) is 3.80. The highest BCUT2D eigenvalue weighted by Gasteiger charge is 2.31. The number of hydrogen-bond donors (Lipinski definition) is 2. The first-order valence-corrected chi connectivity index (χ1v) is 7.90. The number of hydrogen-bond acceptors (Lipinski definition) is 3. The fourth-order valence-electron chi connectivity index (χ4n) is 3.80. The van der Waals surface area contributed by atoms with Crippen LogP contribution < -0.4 is 16.0 Å². The van der Waals surface area contributed by atoms with Gasteiger partial charge in [0.2, 0.25) is 0 Å². The Morgan fingerprint density at radius 1 is 1.25 bits per heavy atom. The molecule has 3 heteroatoms. The van der Waals surface area contributed by atoms with Gasteiger partial charge in [-0.2, -0.15) is 0 Å². The van der Waals surface area contributed by atoms with Crippen LogP contribution in [0, 0.1) is 17.8 Å². The summed E-state index contributed by atoms with van der Waals surface area (Å²) in [5, 5.41) is 0. The summed E-state index contributed by atoms with van der Waals surface area (Å²) in [6, 6.07) is 6.85. The van der Waals surface area contributed by atoms with Gasteiger partial charge in [0.25, 0.3) is 0 Å². The highest BCUT2D eigenvalue weighted by Crippen LogP contribution is 2.40. The Bertz CT molecular complexity index is 474. The van der Waals surface area contributed by atoms with Gasteiger partial charge in [-0.15, -0.1) is 0 Å². The molecule has 1 aliphatic carbocycles. The third-order valence-corrected chi connectivity index (χ3v) is 5.36. The molecule has 20 heavy (non-hydrogen) atoms. The van der Waals surface area contributed by atoms with Crippen LogP contribution in [-0.4, -0.2) is 6.61 Å². The maximum atomic E-state index is 5.88. The highest BCUT2D eigenvalue weighted by molar-refractivity contribution is 5.41. The summed E-state index contributed by atoms with van der Waals surface area (Å²) in [4.78, 5) is 0. The standard InChI is InChI=1S/C17H26N2O/c1-11-3-4-14(9-12(11)2)17(19-18)15-5-6-16-13(10-15)7-8-20-16/h5-6,10-12,14,17,19H,3-4,7-9,18H2,1-2H3. The van der Waals surface area contributed by atoms with E-state index in [-0.39, 0.29) is 6.04 Å². The molecular weight excluding hydrogens is 248 g/mol. The summed E-state index contributed by atoms with van der Waals surface area (Å²) >= 11 is 0. The normalized spacial score (nSPS) is 30.6. The molecule has 3 nitrogen and oxygen atoms in total. The molecule has 3 N–H and O–H groups in total. The second-order valence-corrected chi connectivity index (χ2v) is 6.64. The van der Waals surface area contributed by atoms with Crippen LogP contribution >= 0.6 is 0 Å². The van der Waals surface area contributed by atoms with Gasteiger partial charge in [-0.1, -0.05) is 32.4 Å². The molecule has 0 bridgehead atoms. The van der Waals surface area contributed by atoms with E-state index < -0.39 is 0 Å². The third kappa shape index (κ3) is 2.57. The average Bonchev–Trinajstić information content (AvgIpc) is 2.91. The molecule has 1 aromatic carbocycles. The zero-order valence-corrected chi connectivity index (χ0v) is 12.6. The average molecular weight is 274 g/mol. The van der Waals surface area contributed by atoms with Gasteiger partial charge in [0.15, 0.2) is 0 Å². The van der Waals surface area contributed by atoms with Crippen LogP contribution in [0.5, 0.6) is 5.75 Å². The SMILES string of the molecule is CC1CCC(C(NN)c2ccc3c(c2)CCO3)CC1C. The van der Waals surface area contributed by atoms with Crippen molar-refractivity contribution in [2.75, 3.05) is 6.61 Å². The zero-order chi connectivity index (χ0) is 14.1. The van der Waals surface area contributed by atoms with Gasteiger partial charge in [0.1, 0.15) is 5.75 Å². The van der Waals surface area contributed by atoms with Crippen molar-refractivity contribution in [2.45, 2.75) is 45.6 Å². The van der Waals surface area contributed by atoms with E-state index in [0.717, 1.165) is 30.6 Å². The van der Waals surface area contributed by atoms with E-state index >= 15 is 0 Å². The number of nitrogens with one attached hydrogen (secondary N) is 1. The molecule has 0 spiro atoms. The van der Waals surface area contributed by atoms with Gasteiger partial charge in [-0.05, 0) is 47.8 Å². The summed E-state index contributed by atoms with van der Waals surface area (Å²) < 4.78 is 5.59. The van der Waals surface area contributed by atoms with Crippen molar-refractivity contribution in [3.63, 3.8) is 0 Å². The minimum Gasteiger partial charge on any atom is -0.493 e. The first-order valence-electron chi connectivity index (χ1n) is 7.90. The second-order valence-electron chi connectivity index (χ2n) is 6.64. The molecule has 0 aromatic heterocycles. The molecule has 1 saturated carbocycles. The van der Waals surface area contributed by atoms with Crippen LogP contribution in [0.25, 0.3) is 0 Å². The van der Waals surface area contributed by atoms with Crippen LogP contribution in [0.1, 0.15) is 50.3 Å². The van der Waals surface area contributed by atoms with Crippen LogP contribution in [-0.2, 0) is 6.42 Å². The van der Waals surface area contributed by atoms with Crippen molar-refractivity contribution >= 4 is 0 Å². The first kappa shape index (κ1) is 13.9. The lowest BCUT2D eigenvalue weighted by atomic mass is 9.72. The Kier molecular flexibility index (Phi) is 3.99. The number of rotatable bonds is 3. The fraction of sp³-hybridized carbons (Fsp3) is 0.647. The van der Waals surface area contributed by atoms with Gasteiger partial charge >= 0.3 is 0 Å². The van der Waals surface area contributed by atoms with Crippen molar-refractivity contribution < 1.29 is 4.74 Å². The molecule has 4 unspecified atom stereocenters. The van der Waals surface area contributed by atoms with E-state index in [9.17, 15) is 0 Å². The molecule has 110 valence electrons. The number of ether oxygens (including phenoxy) is 1. The van der Waals surface area contributed by atoms with Crippen LogP contribution in [0.4, 0.5) is 0 Å². The van der Waals surface area contributed by atoms with Gasteiger partial charge in [-0.3, -0.25) is 11.3 Å². The second kappa shape index (κ2) is 5.74. The van der Waals surface area contributed by atoms with Gasteiger partial charge < -0.3 is 4.74 Å². The smallest absolute Gasteiger partial charge is 0.122 e. The molecule has 1 aliphatic heterocycles. The largest absolute Gasteiger partial charge is 0.493 e. The molecule has 1 heterocycles.